The second-order valence-corrected chi connectivity index (χ2v) is 0.584. The highest BCUT2D eigenvalue weighted by Crippen LogP contribution is 1.13. The molecule has 0 atom stereocenters. The zero-order valence-electron chi connectivity index (χ0n) is 4.79. The van der Waals surface area contributed by atoms with E-state index in [2.05, 4.69) is 17.2 Å². The largest absolute Gasteiger partial charge is 0.370 e. The van der Waals surface area contributed by atoms with E-state index in [9.17, 15) is 0 Å². The molecule has 0 amide bonds. The molecule has 0 unspecified atom stereocenters. The molecule has 0 saturated heterocycles. The molecule has 0 aromatic carbocycles. The molecule has 0 saturated carbocycles. The Bertz CT molecular complexity index is 90.9. The summed E-state index contributed by atoms with van der Waals surface area (Å²) in [7, 11) is 0. The Morgan fingerprint density at radius 1 is 1.56 bits per heavy atom. The smallest absolute Gasteiger partial charge is 0.183 e. The summed E-state index contributed by atoms with van der Waals surface area (Å²) in [5.41, 5.74) is 13.1. The summed E-state index contributed by atoms with van der Waals surface area (Å²) in [5.74, 6) is -0.333. The first-order valence-electron chi connectivity index (χ1n) is 1.63. The summed E-state index contributed by atoms with van der Waals surface area (Å²) >= 11 is 0. The molecule has 0 radical (unpaired) electrons. The highest BCUT2D eigenvalue weighted by Gasteiger charge is 1.52. The number of hydrogen-bond acceptors (Lipinski definition) is 4. The fourth-order valence-corrected chi connectivity index (χ4v) is 0. The average Bonchev–Trinajstić information content (AvgIpc) is 1.71. The van der Waals surface area contributed by atoms with Gasteiger partial charge in [-0.15, -0.1) is 0 Å². The molecule has 0 aromatic heterocycles. The number of nitriles is 1. The van der Waals surface area contributed by atoms with Crippen LogP contribution in [0.25, 0.3) is 0 Å². The number of nitrogens with zero attached hydrogens (tertiary/aromatic N) is 1. The predicted octanol–water partition coefficient (Wildman–Crippen LogP) is -1.92. The third-order valence-electron chi connectivity index (χ3n) is 0. The molecular weight excluding hydrogens is 122 g/mol. The maximum atomic E-state index is 8.00. The van der Waals surface area contributed by atoms with Crippen LogP contribution in [0.2, 0.25) is 0 Å². The van der Waals surface area contributed by atoms with Gasteiger partial charge >= 0.3 is 0 Å². The molecule has 0 heterocycles. The van der Waals surface area contributed by atoms with E-state index in [0.717, 1.165) is 0 Å². The molecule has 0 aromatic rings. The standard InChI is InChI=1S/CH5N3.CH2N2.CH2O/c2-1(3)4;2-1-3;1-2/h(H5,2,3,4);2H2;1H2. The monoisotopic (exact) mass is 131 g/mol. The lowest BCUT2D eigenvalue weighted by Crippen LogP contribution is -2.20. The van der Waals surface area contributed by atoms with Crippen molar-refractivity contribution in [1.29, 1.82) is 10.7 Å². The quantitative estimate of drug-likeness (QED) is 0.131. The Morgan fingerprint density at radius 3 is 1.56 bits per heavy atom. The Morgan fingerprint density at radius 2 is 1.56 bits per heavy atom. The van der Waals surface area contributed by atoms with Gasteiger partial charge in [-0.25, -0.2) is 0 Å². The van der Waals surface area contributed by atoms with E-state index in [4.69, 9.17) is 15.5 Å². The van der Waals surface area contributed by atoms with Gasteiger partial charge in [0.05, 0.1) is 0 Å². The van der Waals surface area contributed by atoms with Crippen molar-refractivity contribution >= 4 is 12.7 Å². The molecule has 9 heavy (non-hydrogen) atoms. The van der Waals surface area contributed by atoms with Crippen molar-refractivity contribution in [1.82, 2.24) is 0 Å². The van der Waals surface area contributed by atoms with Crippen LogP contribution >= 0.6 is 0 Å². The van der Waals surface area contributed by atoms with Gasteiger partial charge in [0, 0.05) is 0 Å². The third-order valence-corrected chi connectivity index (χ3v) is 0. The molecule has 6 nitrogen and oxygen atoms in total. The molecule has 6 heteroatoms. The van der Waals surface area contributed by atoms with Gasteiger partial charge in [-0.1, -0.05) is 0 Å². The number of nitrogens with two attached hydrogens (primary N) is 3. The second kappa shape index (κ2) is 34.3. The lowest BCUT2D eigenvalue weighted by molar-refractivity contribution is -0.0979. The zero-order chi connectivity index (χ0) is 8.28. The van der Waals surface area contributed by atoms with E-state index >= 15 is 0 Å². The fraction of sp³-hybridized carbons (Fsp3) is 0. The van der Waals surface area contributed by atoms with Gasteiger partial charge in [0.25, 0.3) is 0 Å². The van der Waals surface area contributed by atoms with E-state index < -0.39 is 0 Å². The summed E-state index contributed by atoms with van der Waals surface area (Å²) in [4.78, 5) is 8.00. The van der Waals surface area contributed by atoms with Crippen molar-refractivity contribution in [3.05, 3.63) is 0 Å². The van der Waals surface area contributed by atoms with Gasteiger partial charge in [0.2, 0.25) is 0 Å². The highest BCUT2D eigenvalue weighted by molar-refractivity contribution is 5.71. The van der Waals surface area contributed by atoms with Crippen LogP contribution in [0.3, 0.4) is 0 Å². The second-order valence-electron chi connectivity index (χ2n) is 0.584. The molecule has 52 valence electrons. The minimum absolute atomic E-state index is 0.333. The first-order chi connectivity index (χ1) is 4.15. The van der Waals surface area contributed by atoms with Gasteiger partial charge in [-0.2, -0.15) is 5.26 Å². The molecule has 0 bridgehead atoms. The number of nitrogens with one attached hydrogen (secondary N) is 1. The normalized spacial score (nSPS) is 3.89. The van der Waals surface area contributed by atoms with Crippen LogP contribution in [0.4, 0.5) is 0 Å². The van der Waals surface area contributed by atoms with Crippen molar-refractivity contribution in [2.24, 2.45) is 17.2 Å². The SMILES string of the molecule is C=O.N#CN.N=C(N)N. The predicted molar refractivity (Wildman–Crippen MR) is 33.0 cm³/mol. The van der Waals surface area contributed by atoms with Gasteiger partial charge in [0.1, 0.15) is 6.79 Å². The molecule has 0 aliphatic carbocycles. The van der Waals surface area contributed by atoms with Crippen molar-refractivity contribution in [2.75, 3.05) is 0 Å². The maximum absolute atomic E-state index is 8.00. The van der Waals surface area contributed by atoms with Gasteiger partial charge in [-0.3, -0.25) is 5.41 Å². The summed E-state index contributed by atoms with van der Waals surface area (Å²) in [6, 6.07) is 0. The summed E-state index contributed by atoms with van der Waals surface area (Å²) in [6.45, 7) is 2.00. The Kier molecular flexibility index (Phi) is 59.7. The number of carbonyl (C=O) groups excluding carboxylic acids is 1. The molecule has 0 spiro atoms. The van der Waals surface area contributed by atoms with Crippen LogP contribution < -0.4 is 17.2 Å². The number of hydrogen-bond donors (Lipinski definition) is 4. The van der Waals surface area contributed by atoms with Crippen LogP contribution in [0.15, 0.2) is 0 Å². The van der Waals surface area contributed by atoms with E-state index in [-0.39, 0.29) is 5.96 Å². The lowest BCUT2D eigenvalue weighted by atomic mass is 11.1. The molecule has 0 fully saturated rings. The first-order valence-corrected chi connectivity index (χ1v) is 1.63. The topological polar surface area (TPSA) is 143 Å². The van der Waals surface area contributed by atoms with Crippen molar-refractivity contribution in [3.63, 3.8) is 0 Å². The summed E-state index contributed by atoms with van der Waals surface area (Å²) in [6.07, 6.45) is 1.25. The summed E-state index contributed by atoms with van der Waals surface area (Å²) < 4.78 is 0. The highest BCUT2D eigenvalue weighted by atomic mass is 16.1. The van der Waals surface area contributed by atoms with E-state index in [1.807, 2.05) is 6.79 Å². The Balaban J connectivity index is -0.0000000646. The fourth-order valence-electron chi connectivity index (χ4n) is 0. The Labute approximate surface area is 52.7 Å². The van der Waals surface area contributed by atoms with Crippen molar-refractivity contribution in [3.8, 4) is 6.19 Å². The average molecular weight is 131 g/mol. The van der Waals surface area contributed by atoms with Crippen LogP contribution in [-0.2, 0) is 4.79 Å². The number of carbonyl (C=O) groups is 1. The molecule has 0 aliphatic rings. The van der Waals surface area contributed by atoms with Crippen molar-refractivity contribution in [2.45, 2.75) is 0 Å². The minimum atomic E-state index is -0.333. The summed E-state index contributed by atoms with van der Waals surface area (Å²) in [5, 5.41) is 13.2. The van der Waals surface area contributed by atoms with E-state index in [1.165, 1.54) is 6.19 Å². The Hall–Kier alpha value is -1.77. The van der Waals surface area contributed by atoms with E-state index in [1.54, 1.807) is 0 Å². The van der Waals surface area contributed by atoms with Crippen LogP contribution in [-0.4, -0.2) is 12.7 Å². The molecule has 0 rings (SSSR count). The third kappa shape index (κ3) is 35.6. The first kappa shape index (κ1) is 15.7. The van der Waals surface area contributed by atoms with Gasteiger partial charge in [0.15, 0.2) is 12.2 Å². The zero-order valence-corrected chi connectivity index (χ0v) is 4.79. The van der Waals surface area contributed by atoms with Crippen molar-refractivity contribution < 1.29 is 4.79 Å². The van der Waals surface area contributed by atoms with Gasteiger partial charge in [-0.05, 0) is 0 Å². The van der Waals surface area contributed by atoms with Crippen LogP contribution in [0, 0.1) is 16.9 Å². The minimum Gasteiger partial charge on any atom is -0.370 e. The van der Waals surface area contributed by atoms with Gasteiger partial charge < -0.3 is 22.0 Å². The molecular formula is C3H9N5O. The lowest BCUT2D eigenvalue weighted by Gasteiger charge is -1.69. The van der Waals surface area contributed by atoms with Crippen LogP contribution in [0.1, 0.15) is 0 Å². The maximum Gasteiger partial charge on any atom is 0.183 e. The molecule has 0 aliphatic heterocycles. The molecule has 7 N–H and O–H groups in total. The van der Waals surface area contributed by atoms with Crippen LogP contribution in [0.5, 0.6) is 0 Å². The van der Waals surface area contributed by atoms with E-state index in [0.29, 0.717) is 0 Å². The number of rotatable bonds is 0. The number of guanidine groups is 1.